The SMILES string of the molecule is Cc1cc(Br)ccc1C(=O)N1CCC(C)(C(N)=S)CC1. The Labute approximate surface area is 133 Å². The topological polar surface area (TPSA) is 46.3 Å². The van der Waals surface area contributed by atoms with Crippen LogP contribution in [0.4, 0.5) is 0 Å². The van der Waals surface area contributed by atoms with E-state index in [-0.39, 0.29) is 11.3 Å². The van der Waals surface area contributed by atoms with Crippen LogP contribution in [0.1, 0.15) is 35.7 Å². The summed E-state index contributed by atoms with van der Waals surface area (Å²) in [7, 11) is 0. The second-order valence-electron chi connectivity index (χ2n) is 5.68. The maximum atomic E-state index is 12.6. The van der Waals surface area contributed by atoms with Gasteiger partial charge in [-0.1, -0.05) is 35.1 Å². The number of likely N-dealkylation sites (tertiary alicyclic amines) is 1. The predicted molar refractivity (Wildman–Crippen MR) is 88.9 cm³/mol. The zero-order valence-corrected chi connectivity index (χ0v) is 14.2. The van der Waals surface area contributed by atoms with E-state index < -0.39 is 0 Å². The molecule has 1 heterocycles. The number of hydrogen-bond acceptors (Lipinski definition) is 2. The van der Waals surface area contributed by atoms with Gasteiger partial charge >= 0.3 is 0 Å². The Kier molecular flexibility index (Phi) is 4.49. The van der Waals surface area contributed by atoms with Crippen LogP contribution in [0.3, 0.4) is 0 Å². The highest BCUT2D eigenvalue weighted by atomic mass is 79.9. The van der Waals surface area contributed by atoms with E-state index in [2.05, 4.69) is 22.9 Å². The molecule has 0 bridgehead atoms. The molecule has 5 heteroatoms. The number of hydrogen-bond donors (Lipinski definition) is 1. The van der Waals surface area contributed by atoms with Crippen LogP contribution in [0.15, 0.2) is 22.7 Å². The first kappa shape index (κ1) is 15.4. The lowest BCUT2D eigenvalue weighted by molar-refractivity contribution is 0.0669. The first-order chi connectivity index (χ1) is 9.33. The summed E-state index contributed by atoms with van der Waals surface area (Å²) in [5.74, 6) is 0.0972. The number of piperidine rings is 1. The van der Waals surface area contributed by atoms with Gasteiger partial charge in [0, 0.05) is 28.5 Å². The highest BCUT2D eigenvalue weighted by Gasteiger charge is 2.34. The summed E-state index contributed by atoms with van der Waals surface area (Å²) in [4.78, 5) is 15.0. The Balaban J connectivity index is 2.11. The molecule has 1 amide bonds. The van der Waals surface area contributed by atoms with Gasteiger partial charge in [0.1, 0.15) is 0 Å². The van der Waals surface area contributed by atoms with E-state index in [0.717, 1.165) is 28.4 Å². The van der Waals surface area contributed by atoms with Gasteiger partial charge in [-0.25, -0.2) is 0 Å². The smallest absolute Gasteiger partial charge is 0.254 e. The minimum Gasteiger partial charge on any atom is -0.393 e. The molecule has 0 aliphatic carbocycles. The molecule has 1 aliphatic rings. The fourth-order valence-corrected chi connectivity index (χ4v) is 3.17. The molecule has 2 N–H and O–H groups in total. The van der Waals surface area contributed by atoms with Crippen molar-refractivity contribution in [1.82, 2.24) is 4.90 Å². The molecule has 1 aliphatic heterocycles. The third-order valence-electron chi connectivity index (χ3n) is 4.17. The van der Waals surface area contributed by atoms with Crippen molar-refractivity contribution in [2.75, 3.05) is 13.1 Å². The van der Waals surface area contributed by atoms with Crippen molar-refractivity contribution in [3.8, 4) is 0 Å². The molecule has 1 saturated heterocycles. The van der Waals surface area contributed by atoms with E-state index in [1.54, 1.807) is 0 Å². The minimum absolute atomic E-state index is 0.0972. The van der Waals surface area contributed by atoms with Gasteiger partial charge in [-0.2, -0.15) is 0 Å². The lowest BCUT2D eigenvalue weighted by Crippen LogP contribution is -2.46. The van der Waals surface area contributed by atoms with E-state index >= 15 is 0 Å². The molecule has 0 aromatic heterocycles. The van der Waals surface area contributed by atoms with Crippen molar-refractivity contribution in [1.29, 1.82) is 0 Å². The molecular weight excluding hydrogens is 336 g/mol. The molecule has 0 atom stereocenters. The van der Waals surface area contributed by atoms with Crippen molar-refractivity contribution in [3.63, 3.8) is 0 Å². The average molecular weight is 355 g/mol. The highest BCUT2D eigenvalue weighted by molar-refractivity contribution is 9.10. The van der Waals surface area contributed by atoms with E-state index in [4.69, 9.17) is 18.0 Å². The normalized spacial score (nSPS) is 17.9. The van der Waals surface area contributed by atoms with Crippen molar-refractivity contribution in [3.05, 3.63) is 33.8 Å². The quantitative estimate of drug-likeness (QED) is 0.828. The van der Waals surface area contributed by atoms with Crippen LogP contribution in [0.5, 0.6) is 0 Å². The standard InChI is InChI=1S/C15H19BrN2OS/c1-10-9-11(16)3-4-12(10)13(19)18-7-5-15(2,6-8-18)14(17)20/h3-4,9H,5-8H2,1-2H3,(H2,17,20). The lowest BCUT2D eigenvalue weighted by Gasteiger charge is -2.38. The van der Waals surface area contributed by atoms with Crippen molar-refractivity contribution >= 4 is 39.0 Å². The predicted octanol–water partition coefficient (Wildman–Crippen LogP) is 3.29. The largest absolute Gasteiger partial charge is 0.393 e. The van der Waals surface area contributed by atoms with Gasteiger partial charge < -0.3 is 10.6 Å². The van der Waals surface area contributed by atoms with Gasteiger partial charge in [-0.3, -0.25) is 4.79 Å². The van der Waals surface area contributed by atoms with Crippen LogP contribution in [-0.2, 0) is 0 Å². The summed E-state index contributed by atoms with van der Waals surface area (Å²) in [6, 6.07) is 5.75. The molecule has 2 rings (SSSR count). The maximum Gasteiger partial charge on any atom is 0.254 e. The van der Waals surface area contributed by atoms with Gasteiger partial charge in [0.2, 0.25) is 0 Å². The molecule has 0 radical (unpaired) electrons. The number of amides is 1. The fourth-order valence-electron chi connectivity index (χ4n) is 2.49. The lowest BCUT2D eigenvalue weighted by atomic mass is 9.80. The van der Waals surface area contributed by atoms with E-state index in [1.807, 2.05) is 30.0 Å². The molecule has 0 unspecified atom stereocenters. The number of nitrogens with two attached hydrogens (primary N) is 1. The maximum absolute atomic E-state index is 12.6. The van der Waals surface area contributed by atoms with Gasteiger partial charge in [0.25, 0.3) is 5.91 Å². The minimum atomic E-state index is -0.110. The average Bonchev–Trinajstić information content (AvgIpc) is 2.38. The summed E-state index contributed by atoms with van der Waals surface area (Å²) in [5.41, 5.74) is 7.45. The molecule has 1 fully saturated rings. The molecular formula is C15H19BrN2OS. The van der Waals surface area contributed by atoms with Crippen molar-refractivity contribution < 1.29 is 4.79 Å². The third kappa shape index (κ3) is 3.04. The third-order valence-corrected chi connectivity index (χ3v) is 5.15. The first-order valence-electron chi connectivity index (χ1n) is 6.69. The molecule has 20 heavy (non-hydrogen) atoms. The monoisotopic (exact) mass is 354 g/mol. The second-order valence-corrected chi connectivity index (χ2v) is 7.03. The Bertz CT molecular complexity index is 551. The molecule has 1 aromatic rings. The summed E-state index contributed by atoms with van der Waals surface area (Å²) >= 11 is 8.55. The van der Waals surface area contributed by atoms with Crippen molar-refractivity contribution in [2.45, 2.75) is 26.7 Å². The van der Waals surface area contributed by atoms with Crippen LogP contribution in [0.2, 0.25) is 0 Å². The van der Waals surface area contributed by atoms with Gasteiger partial charge in [0.15, 0.2) is 0 Å². The molecule has 1 aromatic carbocycles. The Morgan fingerprint density at radius 2 is 2.00 bits per heavy atom. The van der Waals surface area contributed by atoms with E-state index in [1.165, 1.54) is 0 Å². The summed E-state index contributed by atoms with van der Waals surface area (Å²) < 4.78 is 0.992. The number of nitrogens with zero attached hydrogens (tertiary/aromatic N) is 1. The van der Waals surface area contributed by atoms with Gasteiger partial charge in [-0.05, 0) is 43.5 Å². The Morgan fingerprint density at radius 3 is 2.50 bits per heavy atom. The number of aryl methyl sites for hydroxylation is 1. The zero-order valence-electron chi connectivity index (χ0n) is 11.8. The molecule has 0 spiro atoms. The number of thiocarbonyl (C=S) groups is 1. The molecule has 108 valence electrons. The first-order valence-corrected chi connectivity index (χ1v) is 7.89. The van der Waals surface area contributed by atoms with Crippen LogP contribution in [0, 0.1) is 12.3 Å². The van der Waals surface area contributed by atoms with Crippen molar-refractivity contribution in [2.24, 2.45) is 11.1 Å². The van der Waals surface area contributed by atoms with Gasteiger partial charge in [0.05, 0.1) is 4.99 Å². The van der Waals surface area contributed by atoms with Crippen LogP contribution < -0.4 is 5.73 Å². The van der Waals surface area contributed by atoms with Crippen LogP contribution >= 0.6 is 28.1 Å². The Morgan fingerprint density at radius 1 is 1.40 bits per heavy atom. The van der Waals surface area contributed by atoms with Gasteiger partial charge in [-0.15, -0.1) is 0 Å². The molecule has 0 saturated carbocycles. The molecule has 3 nitrogen and oxygen atoms in total. The number of halogens is 1. The summed E-state index contributed by atoms with van der Waals surface area (Å²) in [6.45, 7) is 5.47. The number of benzene rings is 1. The summed E-state index contributed by atoms with van der Waals surface area (Å²) in [6.07, 6.45) is 1.67. The number of rotatable bonds is 2. The fraction of sp³-hybridized carbons (Fsp3) is 0.467. The van der Waals surface area contributed by atoms with Crippen LogP contribution in [0.25, 0.3) is 0 Å². The van der Waals surface area contributed by atoms with Crippen LogP contribution in [-0.4, -0.2) is 28.9 Å². The van der Waals surface area contributed by atoms with E-state index in [9.17, 15) is 4.79 Å². The second kappa shape index (κ2) is 5.82. The van der Waals surface area contributed by atoms with E-state index in [0.29, 0.717) is 18.1 Å². The summed E-state index contributed by atoms with van der Waals surface area (Å²) in [5, 5.41) is 0. The zero-order chi connectivity index (χ0) is 14.9. The Hall–Kier alpha value is -0.940. The number of carbonyl (C=O) groups excluding carboxylic acids is 1. The highest BCUT2D eigenvalue weighted by Crippen LogP contribution is 2.32. The number of carbonyl (C=O) groups is 1.